The maximum Gasteiger partial charge on any atom is 0.243 e. The highest BCUT2D eigenvalue weighted by Gasteiger charge is 2.16. The summed E-state index contributed by atoms with van der Waals surface area (Å²) in [5.74, 6) is 0.556. The summed E-state index contributed by atoms with van der Waals surface area (Å²) >= 11 is 0. The summed E-state index contributed by atoms with van der Waals surface area (Å²) in [5.41, 5.74) is 0. The zero-order chi connectivity index (χ0) is 15.4. The Balaban J connectivity index is 1.69. The maximum absolute atomic E-state index is 12.2. The summed E-state index contributed by atoms with van der Waals surface area (Å²) in [7, 11) is -3.60. The van der Waals surface area contributed by atoms with E-state index in [1.807, 2.05) is 0 Å². The van der Waals surface area contributed by atoms with Crippen molar-refractivity contribution in [3.63, 3.8) is 0 Å². The van der Waals surface area contributed by atoms with Gasteiger partial charge in [0.15, 0.2) is 5.82 Å². The van der Waals surface area contributed by atoms with Crippen LogP contribution in [-0.4, -0.2) is 39.5 Å². The van der Waals surface area contributed by atoms with E-state index in [-0.39, 0.29) is 11.4 Å². The molecule has 3 aromatic heterocycles. The van der Waals surface area contributed by atoms with E-state index < -0.39 is 10.0 Å². The van der Waals surface area contributed by atoms with Crippen molar-refractivity contribution in [2.24, 2.45) is 0 Å². The predicted molar refractivity (Wildman–Crippen MR) is 78.8 cm³/mol. The summed E-state index contributed by atoms with van der Waals surface area (Å²) in [6, 6.07) is 7.11. The van der Waals surface area contributed by atoms with Crippen molar-refractivity contribution in [3.05, 3.63) is 55.2 Å². The van der Waals surface area contributed by atoms with E-state index >= 15 is 0 Å². The zero-order valence-electron chi connectivity index (χ0n) is 11.6. The van der Waals surface area contributed by atoms with Crippen LogP contribution in [0.1, 0.15) is 0 Å². The van der Waals surface area contributed by atoms with Crippen LogP contribution < -0.4 is 4.72 Å². The number of hydrogen-bond acceptors (Lipinski definition) is 5. The third kappa shape index (κ3) is 3.21. The lowest BCUT2D eigenvalue weighted by atomic mass is 10.5. The molecule has 0 unspecified atom stereocenters. The second-order valence-corrected chi connectivity index (χ2v) is 6.24. The molecular formula is C13H14N6O2S. The zero-order valence-corrected chi connectivity index (χ0v) is 12.4. The fourth-order valence-electron chi connectivity index (χ4n) is 1.87. The lowest BCUT2D eigenvalue weighted by Gasteiger charge is -2.04. The molecular weight excluding hydrogens is 304 g/mol. The molecule has 22 heavy (non-hydrogen) atoms. The minimum absolute atomic E-state index is 0.0959. The van der Waals surface area contributed by atoms with E-state index in [0.717, 1.165) is 0 Å². The van der Waals surface area contributed by atoms with Crippen molar-refractivity contribution in [2.45, 2.75) is 11.4 Å². The van der Waals surface area contributed by atoms with Crippen molar-refractivity contribution in [3.8, 4) is 5.82 Å². The van der Waals surface area contributed by atoms with E-state index in [4.69, 9.17) is 0 Å². The monoisotopic (exact) mass is 318 g/mol. The number of rotatable bonds is 6. The van der Waals surface area contributed by atoms with Crippen LogP contribution in [0.15, 0.2) is 60.1 Å². The van der Waals surface area contributed by atoms with Crippen LogP contribution in [-0.2, 0) is 16.6 Å². The molecule has 0 aromatic carbocycles. The predicted octanol–water partition coefficient (Wildman–Crippen LogP) is 0.442. The smallest absolute Gasteiger partial charge is 0.243 e. The number of nitrogens with one attached hydrogen (secondary N) is 1. The molecule has 3 heterocycles. The number of nitrogens with zero attached hydrogens (tertiary/aromatic N) is 5. The summed E-state index contributed by atoms with van der Waals surface area (Å²) in [4.78, 5) is 4.21. The van der Waals surface area contributed by atoms with E-state index in [1.54, 1.807) is 47.5 Å². The molecule has 0 aliphatic heterocycles. The van der Waals surface area contributed by atoms with Crippen LogP contribution in [0.5, 0.6) is 0 Å². The largest absolute Gasteiger partial charge is 0.271 e. The molecule has 8 nitrogen and oxygen atoms in total. The SMILES string of the molecule is O=S(=O)(NCCn1cccn1)c1cnn(-c2ccccn2)c1. The fraction of sp³-hybridized carbons (Fsp3) is 0.154. The average Bonchev–Trinajstić information content (AvgIpc) is 3.20. The molecule has 0 spiro atoms. The minimum atomic E-state index is -3.60. The van der Waals surface area contributed by atoms with Crippen LogP contribution in [0.25, 0.3) is 5.82 Å². The molecule has 0 atom stereocenters. The molecule has 1 N–H and O–H groups in total. The van der Waals surface area contributed by atoms with Gasteiger partial charge in [-0.1, -0.05) is 6.07 Å². The first-order chi connectivity index (χ1) is 10.6. The lowest BCUT2D eigenvalue weighted by molar-refractivity contribution is 0.561. The van der Waals surface area contributed by atoms with Gasteiger partial charge in [0.05, 0.1) is 18.9 Å². The van der Waals surface area contributed by atoms with E-state index in [2.05, 4.69) is 19.9 Å². The van der Waals surface area contributed by atoms with Gasteiger partial charge in [-0.25, -0.2) is 22.8 Å². The van der Waals surface area contributed by atoms with Gasteiger partial charge in [-0.15, -0.1) is 0 Å². The van der Waals surface area contributed by atoms with Crippen LogP contribution in [0.4, 0.5) is 0 Å². The van der Waals surface area contributed by atoms with E-state index in [1.165, 1.54) is 17.1 Å². The third-order valence-electron chi connectivity index (χ3n) is 2.95. The van der Waals surface area contributed by atoms with Crippen molar-refractivity contribution in [1.82, 2.24) is 29.3 Å². The van der Waals surface area contributed by atoms with Crippen molar-refractivity contribution in [1.29, 1.82) is 0 Å². The quantitative estimate of drug-likeness (QED) is 0.712. The molecule has 3 rings (SSSR count). The molecule has 0 saturated carbocycles. The average molecular weight is 318 g/mol. The van der Waals surface area contributed by atoms with Gasteiger partial charge in [0.1, 0.15) is 4.90 Å². The fourth-order valence-corrected chi connectivity index (χ4v) is 2.82. The molecule has 0 amide bonds. The van der Waals surface area contributed by atoms with Gasteiger partial charge in [0.25, 0.3) is 0 Å². The van der Waals surface area contributed by atoms with Crippen molar-refractivity contribution in [2.75, 3.05) is 6.54 Å². The van der Waals surface area contributed by atoms with Crippen LogP contribution in [0.2, 0.25) is 0 Å². The van der Waals surface area contributed by atoms with Gasteiger partial charge in [-0.2, -0.15) is 10.2 Å². The Morgan fingerprint density at radius 1 is 1.14 bits per heavy atom. The molecule has 0 aliphatic rings. The molecule has 9 heteroatoms. The number of aromatic nitrogens is 5. The van der Waals surface area contributed by atoms with Crippen LogP contribution in [0.3, 0.4) is 0 Å². The standard InChI is InChI=1S/C13H14N6O2S/c20-22(21,17-7-9-18-8-3-6-15-18)12-10-16-19(11-12)13-4-1-2-5-14-13/h1-6,8,10-11,17H,7,9H2. The Kier molecular flexibility index (Phi) is 3.98. The summed E-state index contributed by atoms with van der Waals surface area (Å²) in [5, 5.41) is 8.04. The lowest BCUT2D eigenvalue weighted by Crippen LogP contribution is -2.27. The Labute approximate surface area is 127 Å². The number of sulfonamides is 1. The number of pyridine rings is 1. The molecule has 0 saturated heterocycles. The Morgan fingerprint density at radius 2 is 2.05 bits per heavy atom. The summed E-state index contributed by atoms with van der Waals surface area (Å²) in [6.45, 7) is 0.708. The molecule has 0 radical (unpaired) electrons. The normalized spacial score (nSPS) is 11.6. The summed E-state index contributed by atoms with van der Waals surface area (Å²) in [6.07, 6.45) is 7.76. The van der Waals surface area contributed by atoms with Gasteiger partial charge in [-0.3, -0.25) is 4.68 Å². The van der Waals surface area contributed by atoms with Gasteiger partial charge in [0.2, 0.25) is 10.0 Å². The minimum Gasteiger partial charge on any atom is -0.271 e. The molecule has 114 valence electrons. The van der Waals surface area contributed by atoms with Gasteiger partial charge in [-0.05, 0) is 18.2 Å². The van der Waals surface area contributed by atoms with Gasteiger partial charge < -0.3 is 0 Å². The van der Waals surface area contributed by atoms with Crippen molar-refractivity contribution < 1.29 is 8.42 Å². The van der Waals surface area contributed by atoms with Crippen molar-refractivity contribution >= 4 is 10.0 Å². The molecule has 0 fully saturated rings. The maximum atomic E-state index is 12.2. The first-order valence-electron chi connectivity index (χ1n) is 6.58. The highest BCUT2D eigenvalue weighted by atomic mass is 32.2. The van der Waals surface area contributed by atoms with Gasteiger partial charge in [0, 0.05) is 25.1 Å². The van der Waals surface area contributed by atoms with Crippen LogP contribution >= 0.6 is 0 Å². The molecule has 3 aromatic rings. The van der Waals surface area contributed by atoms with Gasteiger partial charge >= 0.3 is 0 Å². The molecule has 0 aliphatic carbocycles. The Morgan fingerprint density at radius 3 is 2.77 bits per heavy atom. The summed E-state index contributed by atoms with van der Waals surface area (Å²) < 4.78 is 30.0. The molecule has 0 bridgehead atoms. The Hall–Kier alpha value is -2.52. The first kappa shape index (κ1) is 14.4. The van der Waals surface area contributed by atoms with E-state index in [0.29, 0.717) is 12.4 Å². The third-order valence-corrected chi connectivity index (χ3v) is 4.36. The van der Waals surface area contributed by atoms with E-state index in [9.17, 15) is 8.42 Å². The second-order valence-electron chi connectivity index (χ2n) is 4.48. The topological polar surface area (TPSA) is 94.7 Å². The highest BCUT2D eigenvalue weighted by Crippen LogP contribution is 2.10. The highest BCUT2D eigenvalue weighted by molar-refractivity contribution is 7.89. The second kappa shape index (κ2) is 6.08. The Bertz CT molecular complexity index is 827. The van der Waals surface area contributed by atoms with Crippen LogP contribution in [0, 0.1) is 0 Å². The first-order valence-corrected chi connectivity index (χ1v) is 8.07. The number of hydrogen-bond donors (Lipinski definition) is 1.